The predicted octanol–water partition coefficient (Wildman–Crippen LogP) is 4.30. The third kappa shape index (κ3) is 4.28. The first-order valence-corrected chi connectivity index (χ1v) is 10.9. The molecule has 4 rings (SSSR count). The first kappa shape index (κ1) is 22.1. The van der Waals surface area contributed by atoms with Crippen LogP contribution in [0.15, 0.2) is 70.6 Å². The summed E-state index contributed by atoms with van der Waals surface area (Å²) in [6.45, 7) is 1.49. The van der Waals surface area contributed by atoms with Gasteiger partial charge in [-0.1, -0.05) is 36.4 Å². The SMILES string of the molecule is CN(C)CCCOc1ccc2[nH]nc(S(=O)(=O)c3cccc4ccccc34)c2c1.Cl. The Labute approximate surface area is 182 Å². The number of hydrogen-bond acceptors (Lipinski definition) is 5. The van der Waals surface area contributed by atoms with E-state index in [2.05, 4.69) is 15.1 Å². The molecule has 30 heavy (non-hydrogen) atoms. The molecule has 0 bridgehead atoms. The minimum absolute atomic E-state index is 0. The van der Waals surface area contributed by atoms with E-state index < -0.39 is 9.84 Å². The summed E-state index contributed by atoms with van der Waals surface area (Å²) in [7, 11) is 0.225. The number of nitrogens with zero attached hydrogens (tertiary/aromatic N) is 2. The zero-order valence-electron chi connectivity index (χ0n) is 16.8. The average Bonchev–Trinajstić information content (AvgIpc) is 3.15. The highest BCUT2D eigenvalue weighted by Gasteiger charge is 2.25. The van der Waals surface area contributed by atoms with E-state index in [9.17, 15) is 8.42 Å². The van der Waals surface area contributed by atoms with Crippen molar-refractivity contribution in [2.24, 2.45) is 0 Å². The van der Waals surface area contributed by atoms with Gasteiger partial charge in [-0.25, -0.2) is 8.42 Å². The van der Waals surface area contributed by atoms with Crippen molar-refractivity contribution in [3.05, 3.63) is 60.7 Å². The molecule has 0 fully saturated rings. The van der Waals surface area contributed by atoms with E-state index in [0.717, 1.165) is 18.4 Å². The van der Waals surface area contributed by atoms with Gasteiger partial charge in [0.2, 0.25) is 9.84 Å². The molecule has 4 aromatic rings. The molecule has 0 spiro atoms. The van der Waals surface area contributed by atoms with Gasteiger partial charge in [0.05, 0.1) is 17.0 Å². The molecule has 6 nitrogen and oxygen atoms in total. The highest BCUT2D eigenvalue weighted by molar-refractivity contribution is 7.91. The Balaban J connectivity index is 0.00000256. The van der Waals surface area contributed by atoms with Crippen LogP contribution in [-0.4, -0.2) is 50.8 Å². The summed E-state index contributed by atoms with van der Waals surface area (Å²) < 4.78 is 32.7. The molecular formula is C22H24ClN3O3S. The van der Waals surface area contributed by atoms with Gasteiger partial charge in [0.25, 0.3) is 0 Å². The largest absolute Gasteiger partial charge is 0.494 e. The molecule has 1 N–H and O–H groups in total. The number of halogens is 1. The van der Waals surface area contributed by atoms with Crippen molar-refractivity contribution in [1.82, 2.24) is 15.1 Å². The van der Waals surface area contributed by atoms with Crippen LogP contribution in [0.5, 0.6) is 5.75 Å². The van der Waals surface area contributed by atoms with Crippen molar-refractivity contribution >= 4 is 43.9 Å². The van der Waals surface area contributed by atoms with E-state index in [-0.39, 0.29) is 22.3 Å². The van der Waals surface area contributed by atoms with Gasteiger partial charge >= 0.3 is 0 Å². The van der Waals surface area contributed by atoms with Crippen LogP contribution in [0.1, 0.15) is 6.42 Å². The van der Waals surface area contributed by atoms with Crippen LogP contribution < -0.4 is 4.74 Å². The summed E-state index contributed by atoms with van der Waals surface area (Å²) in [5, 5.41) is 9.07. The molecule has 0 radical (unpaired) electrons. The van der Waals surface area contributed by atoms with Crippen molar-refractivity contribution in [3.63, 3.8) is 0 Å². The van der Waals surface area contributed by atoms with Crippen LogP contribution in [0.2, 0.25) is 0 Å². The number of hydrogen-bond donors (Lipinski definition) is 1. The van der Waals surface area contributed by atoms with Gasteiger partial charge in [0, 0.05) is 17.3 Å². The lowest BCUT2D eigenvalue weighted by Gasteiger charge is -2.10. The van der Waals surface area contributed by atoms with Gasteiger partial charge in [-0.2, -0.15) is 5.10 Å². The number of nitrogens with one attached hydrogen (secondary N) is 1. The number of fused-ring (bicyclic) bond motifs is 2. The van der Waals surface area contributed by atoms with Crippen molar-refractivity contribution in [1.29, 1.82) is 0 Å². The van der Waals surface area contributed by atoms with Crippen LogP contribution in [0.3, 0.4) is 0 Å². The fourth-order valence-corrected chi connectivity index (χ4v) is 4.93. The molecule has 0 aliphatic heterocycles. The number of aromatic nitrogens is 2. The van der Waals surface area contributed by atoms with E-state index in [4.69, 9.17) is 4.74 Å². The fourth-order valence-electron chi connectivity index (χ4n) is 3.37. The molecule has 0 saturated heterocycles. The third-order valence-corrected chi connectivity index (χ3v) is 6.57. The molecular weight excluding hydrogens is 422 g/mol. The Hall–Kier alpha value is -2.61. The number of ether oxygens (including phenoxy) is 1. The number of sulfone groups is 1. The smallest absolute Gasteiger partial charge is 0.226 e. The summed E-state index contributed by atoms with van der Waals surface area (Å²) in [5.41, 5.74) is 0.657. The first-order chi connectivity index (χ1) is 14.0. The molecule has 0 aliphatic rings. The van der Waals surface area contributed by atoms with E-state index in [1.807, 2.05) is 50.5 Å². The van der Waals surface area contributed by atoms with Crippen molar-refractivity contribution in [2.75, 3.05) is 27.2 Å². The average molecular weight is 446 g/mol. The van der Waals surface area contributed by atoms with Gasteiger partial charge in [0.15, 0.2) is 5.03 Å². The highest BCUT2D eigenvalue weighted by Crippen LogP contribution is 2.32. The van der Waals surface area contributed by atoms with E-state index in [1.54, 1.807) is 24.3 Å². The molecule has 8 heteroatoms. The minimum Gasteiger partial charge on any atom is -0.494 e. The Morgan fingerprint density at radius 1 is 1.00 bits per heavy atom. The standard InChI is InChI=1S/C22H23N3O3S.ClH/c1-25(2)13-6-14-28-17-11-12-20-19(15-17)22(24-23-20)29(26,27)21-10-5-8-16-7-3-4-9-18(16)21;/h3-5,7-12,15H,6,13-14H2,1-2H3,(H,23,24);1H. The molecule has 1 aromatic heterocycles. The van der Waals surface area contributed by atoms with Crippen LogP contribution in [0.4, 0.5) is 0 Å². The second kappa shape index (κ2) is 9.04. The fraction of sp³-hybridized carbons (Fsp3) is 0.227. The van der Waals surface area contributed by atoms with Crippen molar-refractivity contribution in [2.45, 2.75) is 16.3 Å². The second-order valence-corrected chi connectivity index (χ2v) is 9.06. The van der Waals surface area contributed by atoms with Gasteiger partial charge in [-0.15, -0.1) is 12.4 Å². The topological polar surface area (TPSA) is 75.3 Å². The molecule has 158 valence electrons. The lowest BCUT2D eigenvalue weighted by Crippen LogP contribution is -2.15. The number of H-pyrrole nitrogens is 1. The third-order valence-electron chi connectivity index (χ3n) is 4.81. The van der Waals surface area contributed by atoms with Crippen molar-refractivity contribution in [3.8, 4) is 5.75 Å². The van der Waals surface area contributed by atoms with Gasteiger partial charge in [0.1, 0.15) is 5.75 Å². The van der Waals surface area contributed by atoms with Crippen LogP contribution in [0.25, 0.3) is 21.7 Å². The number of benzene rings is 3. The summed E-state index contributed by atoms with van der Waals surface area (Å²) in [6, 6.07) is 18.1. The van der Waals surface area contributed by atoms with Crippen molar-refractivity contribution < 1.29 is 13.2 Å². The Kier molecular flexibility index (Phi) is 6.65. The van der Waals surface area contributed by atoms with Crippen LogP contribution >= 0.6 is 12.4 Å². The molecule has 0 atom stereocenters. The summed E-state index contributed by atoms with van der Waals surface area (Å²) in [4.78, 5) is 2.35. The Morgan fingerprint density at radius 3 is 2.57 bits per heavy atom. The van der Waals surface area contributed by atoms with Gasteiger partial charge in [-0.3, -0.25) is 5.10 Å². The van der Waals surface area contributed by atoms with E-state index >= 15 is 0 Å². The molecule has 0 aliphatic carbocycles. The maximum absolute atomic E-state index is 13.4. The molecule has 3 aromatic carbocycles. The second-order valence-electron chi connectivity index (χ2n) is 7.22. The molecule has 1 heterocycles. The maximum atomic E-state index is 13.4. The molecule has 0 unspecified atom stereocenters. The normalized spacial score (nSPS) is 11.7. The Morgan fingerprint density at radius 2 is 1.77 bits per heavy atom. The maximum Gasteiger partial charge on any atom is 0.226 e. The summed E-state index contributed by atoms with van der Waals surface area (Å²) in [6.07, 6.45) is 0.886. The zero-order valence-corrected chi connectivity index (χ0v) is 18.5. The van der Waals surface area contributed by atoms with Gasteiger partial charge in [-0.05, 0) is 50.2 Å². The first-order valence-electron chi connectivity index (χ1n) is 9.45. The summed E-state index contributed by atoms with van der Waals surface area (Å²) in [5.74, 6) is 0.632. The van der Waals surface area contributed by atoms with Crippen LogP contribution in [-0.2, 0) is 9.84 Å². The van der Waals surface area contributed by atoms with E-state index in [0.29, 0.717) is 28.6 Å². The molecule has 0 amide bonds. The highest BCUT2D eigenvalue weighted by atomic mass is 35.5. The lowest BCUT2D eigenvalue weighted by molar-refractivity contribution is 0.282. The quantitative estimate of drug-likeness (QED) is 0.429. The Bertz CT molecular complexity index is 1260. The minimum atomic E-state index is -3.81. The lowest BCUT2D eigenvalue weighted by atomic mass is 10.1. The van der Waals surface area contributed by atoms with Gasteiger partial charge < -0.3 is 9.64 Å². The number of aromatic amines is 1. The predicted molar refractivity (Wildman–Crippen MR) is 121 cm³/mol. The monoisotopic (exact) mass is 445 g/mol. The van der Waals surface area contributed by atoms with Crippen LogP contribution in [0, 0.1) is 0 Å². The molecule has 0 saturated carbocycles. The summed E-state index contributed by atoms with van der Waals surface area (Å²) >= 11 is 0. The van der Waals surface area contributed by atoms with E-state index in [1.165, 1.54) is 0 Å². The zero-order chi connectivity index (χ0) is 20.4. The number of rotatable bonds is 7.